The Morgan fingerprint density at radius 2 is 1.55 bits per heavy atom. The normalized spacial score (nSPS) is 49.1. The minimum absolute atomic E-state index is 0.105. The van der Waals surface area contributed by atoms with Gasteiger partial charge >= 0.3 is 18.2 Å². The molecule has 2 spiro atoms. The molecule has 2 amide bonds. The molecule has 6 fully saturated rings. The van der Waals surface area contributed by atoms with E-state index in [0.717, 1.165) is 44.9 Å². The fourth-order valence-electron chi connectivity index (χ4n) is 13.0. The van der Waals surface area contributed by atoms with Gasteiger partial charge in [0.25, 0.3) is 0 Å². The van der Waals surface area contributed by atoms with Gasteiger partial charge in [-0.3, -0.25) is 4.79 Å². The topological polar surface area (TPSA) is 160 Å². The van der Waals surface area contributed by atoms with Crippen LogP contribution in [-0.4, -0.2) is 59.4 Å². The predicted octanol–water partition coefficient (Wildman–Crippen LogP) is 5.07. The summed E-state index contributed by atoms with van der Waals surface area (Å²) >= 11 is 0. The van der Waals surface area contributed by atoms with Crippen molar-refractivity contribution in [3.8, 4) is 0 Å². The number of carbonyl (C=O) groups is 3. The minimum Gasteiger partial charge on any atom is -0.457 e. The standard InChI is InChI=1S/C34H54N2O8/c1-17-15-19(25(30(5,6)40)41-18(2)37)42-24-23(17)31(7)13-14-34-16-33(34)12-11-22(43-27(35)38)29(3,4)20(33)9-10-21(34)32(31,8)26(24)44-28(36)39/h17,19-26,40H,9-16H2,1-8H3,(H2,35,38)(H2,36,39)/t17-,19?,20+,21?,22?,23+,24?,25+,26+,31-,32-,33-,34+/m1/s1. The van der Waals surface area contributed by atoms with Gasteiger partial charge in [0.05, 0.1) is 17.8 Å². The third-order valence-corrected chi connectivity index (χ3v) is 14.6. The van der Waals surface area contributed by atoms with Crippen molar-refractivity contribution in [1.82, 2.24) is 0 Å². The third kappa shape index (κ3) is 4.07. The van der Waals surface area contributed by atoms with Crippen LogP contribution in [0.3, 0.4) is 0 Å². The fourth-order valence-corrected chi connectivity index (χ4v) is 13.0. The molecule has 10 nitrogen and oxygen atoms in total. The van der Waals surface area contributed by atoms with Crippen LogP contribution in [0.2, 0.25) is 0 Å². The van der Waals surface area contributed by atoms with Crippen LogP contribution in [0.15, 0.2) is 0 Å². The molecule has 13 atom stereocenters. The third-order valence-electron chi connectivity index (χ3n) is 14.6. The lowest BCUT2D eigenvalue weighted by atomic mass is 9.41. The Morgan fingerprint density at radius 1 is 0.932 bits per heavy atom. The highest BCUT2D eigenvalue weighted by Crippen LogP contribution is 2.89. The molecule has 0 aromatic rings. The van der Waals surface area contributed by atoms with Crippen LogP contribution in [0.25, 0.3) is 0 Å². The maximum Gasteiger partial charge on any atom is 0.404 e. The van der Waals surface area contributed by atoms with E-state index in [-0.39, 0.29) is 39.6 Å². The average molecular weight is 619 g/mol. The van der Waals surface area contributed by atoms with Gasteiger partial charge in [-0.1, -0.05) is 34.6 Å². The molecule has 0 aromatic heterocycles. The Morgan fingerprint density at radius 3 is 2.14 bits per heavy atom. The van der Waals surface area contributed by atoms with E-state index in [1.165, 1.54) is 6.92 Å². The summed E-state index contributed by atoms with van der Waals surface area (Å²) in [6.45, 7) is 16.0. The Hall–Kier alpha value is -2.07. The van der Waals surface area contributed by atoms with E-state index in [4.69, 9.17) is 30.4 Å². The van der Waals surface area contributed by atoms with Gasteiger partial charge in [-0.2, -0.15) is 0 Å². The number of rotatable bonds is 5. The molecule has 5 aliphatic carbocycles. The molecule has 10 heteroatoms. The van der Waals surface area contributed by atoms with E-state index in [2.05, 4.69) is 34.6 Å². The molecule has 1 saturated heterocycles. The maximum absolute atomic E-state index is 12.6. The maximum atomic E-state index is 12.6. The van der Waals surface area contributed by atoms with E-state index >= 15 is 0 Å². The zero-order valence-corrected chi connectivity index (χ0v) is 27.8. The summed E-state index contributed by atoms with van der Waals surface area (Å²) in [5.74, 6) is 0.512. The van der Waals surface area contributed by atoms with Gasteiger partial charge in [-0.15, -0.1) is 0 Å². The van der Waals surface area contributed by atoms with Crippen LogP contribution in [0, 0.1) is 50.7 Å². The molecule has 0 aromatic carbocycles. The van der Waals surface area contributed by atoms with Crippen molar-refractivity contribution in [3.05, 3.63) is 0 Å². The first-order valence-corrected chi connectivity index (χ1v) is 16.7. The molecule has 5 N–H and O–H groups in total. The van der Waals surface area contributed by atoms with Gasteiger partial charge in [0, 0.05) is 17.8 Å². The largest absolute Gasteiger partial charge is 0.457 e. The average Bonchev–Trinajstić information content (AvgIpc) is 3.51. The van der Waals surface area contributed by atoms with Crippen molar-refractivity contribution < 1.29 is 38.4 Å². The monoisotopic (exact) mass is 618 g/mol. The summed E-state index contributed by atoms with van der Waals surface area (Å²) in [4.78, 5) is 36.5. The van der Waals surface area contributed by atoms with Crippen molar-refractivity contribution in [2.75, 3.05) is 0 Å². The minimum atomic E-state index is -1.32. The summed E-state index contributed by atoms with van der Waals surface area (Å²) in [5.41, 5.74) is 9.47. The molecule has 44 heavy (non-hydrogen) atoms. The van der Waals surface area contributed by atoms with Crippen molar-refractivity contribution in [3.63, 3.8) is 0 Å². The van der Waals surface area contributed by atoms with Crippen LogP contribution in [-0.2, 0) is 23.7 Å². The van der Waals surface area contributed by atoms with E-state index in [0.29, 0.717) is 18.3 Å². The Kier molecular flexibility index (Phi) is 7.05. The molecule has 0 bridgehead atoms. The van der Waals surface area contributed by atoms with Gasteiger partial charge in [-0.25, -0.2) is 9.59 Å². The van der Waals surface area contributed by atoms with E-state index in [1.807, 2.05) is 0 Å². The Balaban J connectivity index is 1.38. The van der Waals surface area contributed by atoms with Gasteiger partial charge in [-0.05, 0) is 105 Å². The number of aliphatic hydroxyl groups is 1. The van der Waals surface area contributed by atoms with Gasteiger partial charge in [0.15, 0.2) is 6.10 Å². The summed E-state index contributed by atoms with van der Waals surface area (Å²) in [7, 11) is 0. The summed E-state index contributed by atoms with van der Waals surface area (Å²) in [5, 5.41) is 11.0. The fraction of sp³-hybridized carbons (Fsp3) is 0.912. The first-order chi connectivity index (χ1) is 20.3. The molecule has 4 unspecified atom stereocenters. The second-order valence-corrected chi connectivity index (χ2v) is 17.1. The smallest absolute Gasteiger partial charge is 0.404 e. The van der Waals surface area contributed by atoms with Crippen LogP contribution < -0.4 is 11.5 Å². The first kappa shape index (κ1) is 31.9. The van der Waals surface area contributed by atoms with Gasteiger partial charge in [0.2, 0.25) is 0 Å². The molecular formula is C34H54N2O8. The van der Waals surface area contributed by atoms with Crippen molar-refractivity contribution >= 4 is 18.2 Å². The van der Waals surface area contributed by atoms with Crippen LogP contribution >= 0.6 is 0 Å². The number of carbonyl (C=O) groups excluding carboxylic acids is 3. The number of hydrogen-bond donors (Lipinski definition) is 3. The number of ether oxygens (including phenoxy) is 4. The second kappa shape index (κ2) is 9.72. The van der Waals surface area contributed by atoms with Crippen LogP contribution in [0.1, 0.15) is 107 Å². The summed E-state index contributed by atoms with van der Waals surface area (Å²) < 4.78 is 24.4. The number of amides is 2. The highest BCUT2D eigenvalue weighted by Gasteiger charge is 2.85. The zero-order chi connectivity index (χ0) is 32.4. The molecule has 1 heterocycles. The highest BCUT2D eigenvalue weighted by atomic mass is 16.6. The Bertz CT molecular complexity index is 1230. The summed E-state index contributed by atoms with van der Waals surface area (Å²) in [6.07, 6.45) is 3.53. The van der Waals surface area contributed by atoms with Crippen molar-refractivity contribution in [2.24, 2.45) is 62.2 Å². The van der Waals surface area contributed by atoms with Crippen LogP contribution in [0.5, 0.6) is 0 Å². The number of primary amides is 2. The molecule has 1 aliphatic heterocycles. The zero-order valence-electron chi connectivity index (χ0n) is 27.8. The van der Waals surface area contributed by atoms with Gasteiger partial charge in [0.1, 0.15) is 12.2 Å². The van der Waals surface area contributed by atoms with Crippen molar-refractivity contribution in [1.29, 1.82) is 0 Å². The van der Waals surface area contributed by atoms with Crippen molar-refractivity contribution in [2.45, 2.75) is 143 Å². The lowest BCUT2D eigenvalue weighted by Crippen LogP contribution is -2.60. The van der Waals surface area contributed by atoms with Crippen LogP contribution in [0.4, 0.5) is 9.59 Å². The number of hydrogen-bond acceptors (Lipinski definition) is 8. The number of esters is 1. The lowest BCUT2D eigenvalue weighted by molar-refractivity contribution is -0.216. The molecular weight excluding hydrogens is 564 g/mol. The predicted molar refractivity (Wildman–Crippen MR) is 161 cm³/mol. The molecule has 0 radical (unpaired) electrons. The molecule has 5 saturated carbocycles. The molecule has 6 aliphatic rings. The van der Waals surface area contributed by atoms with E-state index in [1.54, 1.807) is 13.8 Å². The molecule has 6 rings (SSSR count). The lowest BCUT2D eigenvalue weighted by Gasteiger charge is -2.63. The van der Waals surface area contributed by atoms with E-state index in [9.17, 15) is 19.5 Å². The molecule has 248 valence electrons. The second-order valence-electron chi connectivity index (χ2n) is 17.1. The van der Waals surface area contributed by atoms with E-state index < -0.39 is 53.6 Å². The SMILES string of the molecule is CC(=O)O[C@@H](C1C[C@@H](C)[C@H]2C(O1)[C@H](OC(N)=O)[C@@]1(C)C3CC[C@H]4C(C)(C)C(OC(N)=O)CC[C@@]45C[C@@]35CC[C@]21C)C(C)(C)O. The number of fused-ring (bicyclic) bond motifs is 4. The Labute approximate surface area is 261 Å². The van der Waals surface area contributed by atoms with Gasteiger partial charge < -0.3 is 35.5 Å². The first-order valence-electron chi connectivity index (χ1n) is 16.7. The quantitative estimate of drug-likeness (QED) is 0.284. The highest BCUT2D eigenvalue weighted by molar-refractivity contribution is 5.66. The number of nitrogens with two attached hydrogens (primary N) is 2. The summed E-state index contributed by atoms with van der Waals surface area (Å²) in [6, 6.07) is 0.